The first kappa shape index (κ1) is 12.6. The van der Waals surface area contributed by atoms with Crippen LogP contribution in [0.15, 0.2) is 11.4 Å². The molecule has 2 nitrogen and oxygen atoms in total. The average Bonchev–Trinajstić information content (AvgIpc) is 2.98. The van der Waals surface area contributed by atoms with Gasteiger partial charge in [-0.05, 0) is 49.7 Å². The highest BCUT2D eigenvalue weighted by atomic mass is 32.1. The molecular formula is C15H24N2S. The second-order valence-electron chi connectivity index (χ2n) is 5.81. The number of hydrogen-bond acceptors (Lipinski definition) is 3. The predicted molar refractivity (Wildman–Crippen MR) is 78.1 cm³/mol. The van der Waals surface area contributed by atoms with Crippen LogP contribution in [0.5, 0.6) is 0 Å². The van der Waals surface area contributed by atoms with Crippen molar-refractivity contribution in [2.75, 3.05) is 19.6 Å². The van der Waals surface area contributed by atoms with Gasteiger partial charge in [0.05, 0.1) is 0 Å². The van der Waals surface area contributed by atoms with Crippen molar-refractivity contribution in [3.05, 3.63) is 21.9 Å². The fourth-order valence-corrected chi connectivity index (χ4v) is 4.41. The summed E-state index contributed by atoms with van der Waals surface area (Å²) in [4.78, 5) is 7.04. The van der Waals surface area contributed by atoms with Gasteiger partial charge >= 0.3 is 0 Å². The standard InChI is InChI=1S/C15H24N2S/c1-3-13-9-16-7-4-5-14(16)10-17(13)11-15-12(2)6-8-18-15/h6,8,13-14H,3-5,7,9-11H2,1-2H3. The van der Waals surface area contributed by atoms with E-state index in [2.05, 4.69) is 35.1 Å². The molecule has 0 spiro atoms. The van der Waals surface area contributed by atoms with Crippen LogP contribution in [-0.4, -0.2) is 41.5 Å². The molecule has 0 N–H and O–H groups in total. The van der Waals surface area contributed by atoms with Gasteiger partial charge in [-0.1, -0.05) is 6.92 Å². The zero-order chi connectivity index (χ0) is 12.5. The van der Waals surface area contributed by atoms with Crippen molar-refractivity contribution in [2.24, 2.45) is 0 Å². The Morgan fingerprint density at radius 3 is 3.00 bits per heavy atom. The second kappa shape index (κ2) is 5.32. The summed E-state index contributed by atoms with van der Waals surface area (Å²) in [5, 5.41) is 2.23. The molecule has 0 bridgehead atoms. The smallest absolute Gasteiger partial charge is 0.0334 e. The lowest BCUT2D eigenvalue weighted by atomic mass is 10.0. The van der Waals surface area contributed by atoms with Crippen molar-refractivity contribution in [3.63, 3.8) is 0 Å². The predicted octanol–water partition coefficient (Wildman–Crippen LogP) is 3.12. The summed E-state index contributed by atoms with van der Waals surface area (Å²) in [6, 6.07) is 3.86. The van der Waals surface area contributed by atoms with E-state index in [9.17, 15) is 0 Å². The highest BCUT2D eigenvalue weighted by Crippen LogP contribution is 2.28. The number of aryl methyl sites for hydroxylation is 1. The molecule has 100 valence electrons. The molecule has 2 fully saturated rings. The number of fused-ring (bicyclic) bond motifs is 1. The van der Waals surface area contributed by atoms with Crippen molar-refractivity contribution in [1.29, 1.82) is 0 Å². The maximum absolute atomic E-state index is 2.74. The van der Waals surface area contributed by atoms with Gasteiger partial charge in [0.15, 0.2) is 0 Å². The molecular weight excluding hydrogens is 240 g/mol. The third-order valence-corrected chi connectivity index (χ3v) is 5.70. The van der Waals surface area contributed by atoms with Crippen LogP contribution in [0.4, 0.5) is 0 Å². The summed E-state index contributed by atoms with van der Waals surface area (Å²) in [5.74, 6) is 0. The van der Waals surface area contributed by atoms with Crippen LogP contribution in [-0.2, 0) is 6.54 Å². The van der Waals surface area contributed by atoms with Crippen LogP contribution in [0.1, 0.15) is 36.6 Å². The molecule has 3 heterocycles. The zero-order valence-corrected chi connectivity index (χ0v) is 12.4. The quantitative estimate of drug-likeness (QED) is 0.827. The third kappa shape index (κ3) is 2.36. The zero-order valence-electron chi connectivity index (χ0n) is 11.6. The molecule has 2 aliphatic heterocycles. The summed E-state index contributed by atoms with van der Waals surface area (Å²) in [6.07, 6.45) is 4.11. The minimum Gasteiger partial charge on any atom is -0.298 e. The number of piperazine rings is 1. The lowest BCUT2D eigenvalue weighted by molar-refractivity contribution is 0.0443. The lowest BCUT2D eigenvalue weighted by Crippen LogP contribution is -2.55. The van der Waals surface area contributed by atoms with E-state index in [1.807, 2.05) is 11.3 Å². The molecule has 2 aliphatic rings. The van der Waals surface area contributed by atoms with Crippen molar-refractivity contribution in [3.8, 4) is 0 Å². The summed E-state index contributed by atoms with van der Waals surface area (Å²) in [7, 11) is 0. The van der Waals surface area contributed by atoms with Crippen molar-refractivity contribution < 1.29 is 0 Å². The van der Waals surface area contributed by atoms with Crippen molar-refractivity contribution >= 4 is 11.3 Å². The molecule has 3 rings (SSSR count). The van der Waals surface area contributed by atoms with Crippen LogP contribution in [0, 0.1) is 6.92 Å². The monoisotopic (exact) mass is 264 g/mol. The summed E-state index contributed by atoms with van der Waals surface area (Å²) < 4.78 is 0. The second-order valence-corrected chi connectivity index (χ2v) is 6.81. The first-order chi connectivity index (χ1) is 8.78. The molecule has 18 heavy (non-hydrogen) atoms. The largest absolute Gasteiger partial charge is 0.298 e. The number of hydrogen-bond donors (Lipinski definition) is 0. The van der Waals surface area contributed by atoms with Crippen molar-refractivity contribution in [2.45, 2.75) is 51.7 Å². The summed E-state index contributed by atoms with van der Waals surface area (Å²) in [5.41, 5.74) is 1.48. The molecule has 0 saturated carbocycles. The average molecular weight is 264 g/mol. The number of nitrogens with zero attached hydrogens (tertiary/aromatic N) is 2. The fraction of sp³-hybridized carbons (Fsp3) is 0.733. The maximum atomic E-state index is 2.74. The maximum Gasteiger partial charge on any atom is 0.0334 e. The Morgan fingerprint density at radius 2 is 2.28 bits per heavy atom. The van der Waals surface area contributed by atoms with E-state index in [-0.39, 0.29) is 0 Å². The van der Waals surface area contributed by atoms with Gasteiger partial charge in [-0.25, -0.2) is 0 Å². The molecule has 2 atom stereocenters. The number of thiophene rings is 1. The molecule has 0 radical (unpaired) electrons. The molecule has 2 saturated heterocycles. The Labute approximate surface area is 115 Å². The molecule has 1 aromatic rings. The van der Waals surface area contributed by atoms with Crippen LogP contribution in [0.2, 0.25) is 0 Å². The van der Waals surface area contributed by atoms with E-state index in [0.29, 0.717) is 0 Å². The molecule has 0 amide bonds. The van der Waals surface area contributed by atoms with Crippen LogP contribution in [0.25, 0.3) is 0 Å². The van der Waals surface area contributed by atoms with Crippen LogP contribution < -0.4 is 0 Å². The van der Waals surface area contributed by atoms with E-state index in [1.165, 1.54) is 51.0 Å². The van der Waals surface area contributed by atoms with E-state index in [1.54, 1.807) is 4.88 Å². The van der Waals surface area contributed by atoms with Gasteiger partial charge in [0, 0.05) is 36.6 Å². The summed E-state index contributed by atoms with van der Waals surface area (Å²) >= 11 is 1.93. The highest BCUT2D eigenvalue weighted by Gasteiger charge is 2.35. The first-order valence-corrected chi connectivity index (χ1v) is 8.17. The molecule has 2 unspecified atom stereocenters. The molecule has 0 aliphatic carbocycles. The third-order valence-electron chi connectivity index (χ3n) is 4.69. The highest BCUT2D eigenvalue weighted by molar-refractivity contribution is 7.10. The van der Waals surface area contributed by atoms with E-state index in [4.69, 9.17) is 0 Å². The van der Waals surface area contributed by atoms with E-state index < -0.39 is 0 Å². The van der Waals surface area contributed by atoms with Crippen LogP contribution >= 0.6 is 11.3 Å². The van der Waals surface area contributed by atoms with Crippen molar-refractivity contribution in [1.82, 2.24) is 9.80 Å². The van der Waals surface area contributed by atoms with E-state index in [0.717, 1.165) is 12.1 Å². The van der Waals surface area contributed by atoms with Gasteiger partial charge in [-0.2, -0.15) is 0 Å². The Hall–Kier alpha value is -0.380. The minimum absolute atomic E-state index is 0.765. The molecule has 0 aromatic carbocycles. The Morgan fingerprint density at radius 1 is 1.39 bits per heavy atom. The van der Waals surface area contributed by atoms with Gasteiger partial charge in [-0.15, -0.1) is 11.3 Å². The van der Waals surface area contributed by atoms with E-state index >= 15 is 0 Å². The topological polar surface area (TPSA) is 6.48 Å². The van der Waals surface area contributed by atoms with Gasteiger partial charge in [0.2, 0.25) is 0 Å². The van der Waals surface area contributed by atoms with Gasteiger partial charge in [0.1, 0.15) is 0 Å². The fourth-order valence-electron chi connectivity index (χ4n) is 3.48. The Balaban J connectivity index is 1.71. The normalized spacial score (nSPS) is 29.7. The van der Waals surface area contributed by atoms with Gasteiger partial charge in [0.25, 0.3) is 0 Å². The van der Waals surface area contributed by atoms with Crippen LogP contribution in [0.3, 0.4) is 0 Å². The molecule has 1 aromatic heterocycles. The summed E-state index contributed by atoms with van der Waals surface area (Å²) in [6.45, 7) is 9.69. The molecule has 3 heteroatoms. The van der Waals surface area contributed by atoms with Gasteiger partial charge < -0.3 is 0 Å². The first-order valence-electron chi connectivity index (χ1n) is 7.29. The Bertz CT molecular complexity index is 401. The number of rotatable bonds is 3. The lowest BCUT2D eigenvalue weighted by Gasteiger charge is -2.43. The Kier molecular flexibility index (Phi) is 3.73. The van der Waals surface area contributed by atoms with Gasteiger partial charge in [-0.3, -0.25) is 9.80 Å². The SMILES string of the molecule is CCC1CN2CCCC2CN1Cc1sccc1C. The minimum atomic E-state index is 0.765.